The third kappa shape index (κ3) is 6.63. The van der Waals surface area contributed by atoms with Gasteiger partial charge in [-0.15, -0.1) is 0 Å². The molecule has 8 aromatic rings. The molecule has 0 aliphatic carbocycles. The second-order valence-electron chi connectivity index (χ2n) is 13.3. The molecule has 0 saturated carbocycles. The second kappa shape index (κ2) is 15.6. The van der Waals surface area contributed by atoms with Crippen LogP contribution >= 0.6 is 15.1 Å². The molecular formula is C51H40OP2. The molecule has 0 amide bonds. The number of hydrogen-bond donors (Lipinski definition) is 0. The van der Waals surface area contributed by atoms with Gasteiger partial charge in [0.15, 0.2) is 7.14 Å². The Morgan fingerprint density at radius 2 is 0.944 bits per heavy atom. The van der Waals surface area contributed by atoms with Gasteiger partial charge < -0.3 is 4.57 Å². The van der Waals surface area contributed by atoms with E-state index < -0.39 is 15.1 Å². The van der Waals surface area contributed by atoms with Gasteiger partial charge in [-0.25, -0.2) is 0 Å². The number of allylic oxidation sites excluding steroid dienone is 5. The van der Waals surface area contributed by atoms with Crippen LogP contribution in [0.4, 0.5) is 0 Å². The lowest BCUT2D eigenvalue weighted by Crippen LogP contribution is -2.25. The smallest absolute Gasteiger partial charge is 0.171 e. The van der Waals surface area contributed by atoms with E-state index in [1.807, 2.05) is 72.8 Å². The first kappa shape index (κ1) is 35.2. The van der Waals surface area contributed by atoms with E-state index in [1.54, 1.807) is 0 Å². The number of rotatable bonds is 10. The molecule has 0 bridgehead atoms. The highest BCUT2D eigenvalue weighted by Crippen LogP contribution is 2.49. The highest BCUT2D eigenvalue weighted by Gasteiger charge is 2.31. The SMILES string of the molecule is C=C/C=C\C=C(/C)P(c1ccccc1)c1ccc2c(c1)c(-c1ccccc1)c(-c1ccccc1)c1cc(P(=O)(c3ccccc3)c3ccccc3)ccc12. The Morgan fingerprint density at radius 1 is 0.481 bits per heavy atom. The van der Waals surface area contributed by atoms with Crippen LogP contribution in [0.1, 0.15) is 6.92 Å². The maximum Gasteiger partial charge on any atom is 0.171 e. The topological polar surface area (TPSA) is 17.1 Å². The van der Waals surface area contributed by atoms with Crippen molar-refractivity contribution >= 4 is 63.1 Å². The molecule has 260 valence electrons. The second-order valence-corrected chi connectivity index (χ2v) is 18.5. The van der Waals surface area contributed by atoms with Gasteiger partial charge in [-0.2, -0.15) is 0 Å². The summed E-state index contributed by atoms with van der Waals surface area (Å²) in [5, 5.41) is 11.0. The molecule has 0 heterocycles. The van der Waals surface area contributed by atoms with E-state index >= 15 is 4.57 Å². The summed E-state index contributed by atoms with van der Waals surface area (Å²) < 4.78 is 15.7. The molecule has 0 radical (unpaired) electrons. The summed E-state index contributed by atoms with van der Waals surface area (Å²) in [6, 6.07) is 65.8. The van der Waals surface area contributed by atoms with Crippen molar-refractivity contribution in [3.63, 3.8) is 0 Å². The van der Waals surface area contributed by atoms with Crippen LogP contribution in [0.15, 0.2) is 224 Å². The highest BCUT2D eigenvalue weighted by atomic mass is 31.2. The molecule has 1 atom stereocenters. The molecule has 3 heteroatoms. The minimum atomic E-state index is -3.23. The van der Waals surface area contributed by atoms with Gasteiger partial charge in [0.2, 0.25) is 0 Å². The quantitative estimate of drug-likeness (QED) is 0.0778. The van der Waals surface area contributed by atoms with Crippen LogP contribution in [0.25, 0.3) is 43.8 Å². The third-order valence-electron chi connectivity index (χ3n) is 10.0. The Labute approximate surface area is 319 Å². The van der Waals surface area contributed by atoms with Crippen molar-refractivity contribution in [1.82, 2.24) is 0 Å². The summed E-state index contributed by atoms with van der Waals surface area (Å²) in [6.07, 6.45) is 8.10. The fourth-order valence-corrected chi connectivity index (χ4v) is 12.5. The maximum absolute atomic E-state index is 15.7. The molecular weight excluding hydrogens is 691 g/mol. The van der Waals surface area contributed by atoms with E-state index in [-0.39, 0.29) is 0 Å². The van der Waals surface area contributed by atoms with Crippen molar-refractivity contribution < 1.29 is 4.57 Å². The van der Waals surface area contributed by atoms with Gasteiger partial charge >= 0.3 is 0 Å². The van der Waals surface area contributed by atoms with Crippen LogP contribution in [0.2, 0.25) is 0 Å². The molecule has 0 aliphatic heterocycles. The van der Waals surface area contributed by atoms with Gasteiger partial charge in [-0.3, -0.25) is 0 Å². The summed E-state index contributed by atoms with van der Waals surface area (Å²) in [6.45, 7) is 6.11. The van der Waals surface area contributed by atoms with Gasteiger partial charge in [-0.1, -0.05) is 207 Å². The largest absolute Gasteiger partial charge is 0.309 e. The van der Waals surface area contributed by atoms with Crippen LogP contribution in [0.3, 0.4) is 0 Å². The molecule has 0 spiro atoms. The summed E-state index contributed by atoms with van der Waals surface area (Å²) in [7, 11) is -4.06. The minimum absolute atomic E-state index is 0.820. The molecule has 0 aliphatic rings. The van der Waals surface area contributed by atoms with Crippen LogP contribution in [0, 0.1) is 0 Å². The standard InChI is InChI=1S/C51H40OP2/c1-3-4-10-21-38(2)53(41-26-15-7-16-27-41)42-32-34-46-47-35-33-45(54(52,43-28-17-8-18-29-43)44-30-19-9-20-31-44)37-49(47)51(40-24-13-6-14-25-40)50(48(46)36-42)39-22-11-5-12-23-39/h3-37H,1H2,2H3/b10-4-,38-21+. The monoisotopic (exact) mass is 730 g/mol. The van der Waals surface area contributed by atoms with Gasteiger partial charge in [-0.05, 0) is 86.7 Å². The molecule has 1 nitrogen and oxygen atoms in total. The van der Waals surface area contributed by atoms with E-state index in [0.717, 1.165) is 43.4 Å². The molecule has 1 unspecified atom stereocenters. The Balaban J connectivity index is 1.48. The fraction of sp³-hybridized carbons (Fsp3) is 0.0196. The van der Waals surface area contributed by atoms with Crippen molar-refractivity contribution in [3.05, 3.63) is 224 Å². The lowest BCUT2D eigenvalue weighted by molar-refractivity contribution is 0.592. The predicted octanol–water partition coefficient (Wildman–Crippen LogP) is 12.0. The molecule has 0 aromatic heterocycles. The Bertz CT molecular complexity index is 2640. The van der Waals surface area contributed by atoms with E-state index in [1.165, 1.54) is 32.3 Å². The zero-order valence-corrected chi connectivity index (χ0v) is 32.0. The fourth-order valence-electron chi connectivity index (χ4n) is 7.57. The van der Waals surface area contributed by atoms with Gasteiger partial charge in [0, 0.05) is 15.9 Å². The van der Waals surface area contributed by atoms with Crippen molar-refractivity contribution in [2.75, 3.05) is 0 Å². The summed E-state index contributed by atoms with van der Waals surface area (Å²) in [4.78, 5) is 0. The minimum Gasteiger partial charge on any atom is -0.309 e. The van der Waals surface area contributed by atoms with Crippen LogP contribution in [-0.2, 0) is 4.57 Å². The zero-order chi connectivity index (χ0) is 36.9. The zero-order valence-electron chi connectivity index (χ0n) is 30.2. The lowest BCUT2D eigenvalue weighted by atomic mass is 9.85. The number of hydrogen-bond acceptors (Lipinski definition) is 1. The number of fused-ring (bicyclic) bond motifs is 3. The average Bonchev–Trinajstić information content (AvgIpc) is 3.24. The van der Waals surface area contributed by atoms with Crippen molar-refractivity contribution in [2.24, 2.45) is 0 Å². The number of benzene rings is 8. The Hall–Kier alpha value is -5.84. The third-order valence-corrected chi connectivity index (χ3v) is 15.5. The first-order chi connectivity index (χ1) is 26.6. The van der Waals surface area contributed by atoms with Gasteiger partial charge in [0.25, 0.3) is 0 Å². The van der Waals surface area contributed by atoms with E-state index in [2.05, 4.69) is 153 Å². The molecule has 54 heavy (non-hydrogen) atoms. The van der Waals surface area contributed by atoms with Crippen LogP contribution in [0.5, 0.6) is 0 Å². The Kier molecular flexibility index (Phi) is 10.2. The van der Waals surface area contributed by atoms with E-state index in [0.29, 0.717) is 0 Å². The van der Waals surface area contributed by atoms with E-state index in [9.17, 15) is 0 Å². The predicted molar refractivity (Wildman–Crippen MR) is 237 cm³/mol. The van der Waals surface area contributed by atoms with Crippen LogP contribution in [-0.4, -0.2) is 0 Å². The van der Waals surface area contributed by atoms with Gasteiger partial charge in [0.05, 0.1) is 0 Å². The van der Waals surface area contributed by atoms with Gasteiger partial charge in [0.1, 0.15) is 0 Å². The summed E-state index contributed by atoms with van der Waals surface area (Å²) >= 11 is 0. The van der Waals surface area contributed by atoms with Crippen molar-refractivity contribution in [1.29, 1.82) is 0 Å². The molecule has 0 fully saturated rings. The summed E-state index contributed by atoms with van der Waals surface area (Å²) in [5.74, 6) is 0. The normalized spacial score (nSPS) is 12.6. The first-order valence-corrected chi connectivity index (χ1v) is 21.3. The summed E-state index contributed by atoms with van der Waals surface area (Å²) in [5.41, 5.74) is 4.58. The molecule has 8 aromatic carbocycles. The molecule has 0 saturated heterocycles. The molecule has 8 rings (SSSR count). The Morgan fingerprint density at radius 3 is 1.46 bits per heavy atom. The van der Waals surface area contributed by atoms with Crippen LogP contribution < -0.4 is 26.5 Å². The highest BCUT2D eigenvalue weighted by molar-refractivity contribution is 7.85. The molecule has 0 N–H and O–H groups in total. The maximum atomic E-state index is 15.7. The van der Waals surface area contributed by atoms with E-state index in [4.69, 9.17) is 0 Å². The van der Waals surface area contributed by atoms with Crippen molar-refractivity contribution in [3.8, 4) is 22.3 Å². The first-order valence-electron chi connectivity index (χ1n) is 18.3. The van der Waals surface area contributed by atoms with Crippen molar-refractivity contribution in [2.45, 2.75) is 6.92 Å². The average molecular weight is 731 g/mol. The lowest BCUT2D eigenvalue weighted by Gasteiger charge is -2.24.